The van der Waals surface area contributed by atoms with Gasteiger partial charge in [-0.3, -0.25) is 0 Å². The molecule has 0 bridgehead atoms. The fourth-order valence-corrected chi connectivity index (χ4v) is 3.70. The Bertz CT molecular complexity index is 857. The van der Waals surface area contributed by atoms with Crippen molar-refractivity contribution in [2.75, 3.05) is 26.7 Å². The first-order valence-corrected chi connectivity index (χ1v) is 11.1. The van der Waals surface area contributed by atoms with E-state index < -0.39 is 5.60 Å². The molecule has 3 rings (SSSR count). The number of carbonyl (C=O) groups is 1. The molecule has 0 aromatic heterocycles. The van der Waals surface area contributed by atoms with Gasteiger partial charge in [-0.15, -0.1) is 0 Å². The summed E-state index contributed by atoms with van der Waals surface area (Å²) in [6.07, 6.45) is 1.83. The van der Waals surface area contributed by atoms with E-state index in [1.807, 2.05) is 29.2 Å². The van der Waals surface area contributed by atoms with Gasteiger partial charge in [0.05, 0.1) is 5.60 Å². The van der Waals surface area contributed by atoms with Crippen LogP contribution in [0.5, 0.6) is 5.75 Å². The smallest absolute Gasteiger partial charge is 0.318 e. The maximum Gasteiger partial charge on any atom is 0.318 e. The lowest BCUT2D eigenvalue weighted by Gasteiger charge is -2.37. The molecular formula is C25H34FN3O3. The molecule has 32 heavy (non-hydrogen) atoms. The van der Waals surface area contributed by atoms with Crippen molar-refractivity contribution < 1.29 is 19.0 Å². The number of nitrogens with one attached hydrogen (secondary N) is 1. The Balaban J connectivity index is 1.60. The molecule has 0 saturated carbocycles. The van der Waals surface area contributed by atoms with Gasteiger partial charge in [0.2, 0.25) is 0 Å². The monoisotopic (exact) mass is 443 g/mol. The molecule has 6 nitrogen and oxygen atoms in total. The summed E-state index contributed by atoms with van der Waals surface area (Å²) < 4.78 is 18.9. The summed E-state index contributed by atoms with van der Waals surface area (Å²) in [7, 11) is 2.09. The van der Waals surface area contributed by atoms with Crippen LogP contribution in [0.25, 0.3) is 0 Å². The van der Waals surface area contributed by atoms with Crippen LogP contribution < -0.4 is 10.1 Å². The number of piperidine rings is 1. The van der Waals surface area contributed by atoms with Gasteiger partial charge in [-0.2, -0.15) is 0 Å². The fourth-order valence-electron chi connectivity index (χ4n) is 3.70. The third-order valence-electron chi connectivity index (χ3n) is 5.62. The summed E-state index contributed by atoms with van der Waals surface area (Å²) in [6.45, 7) is 6.34. The molecule has 1 heterocycles. The molecule has 1 fully saturated rings. The second-order valence-electron chi connectivity index (χ2n) is 9.19. The SMILES string of the molecule is CN1CCC(N(Cc2ccc(F)cc2)C(=O)NCc2ccc(OCC(C)(C)O)cc2)CC1. The highest BCUT2D eigenvalue weighted by Crippen LogP contribution is 2.20. The summed E-state index contributed by atoms with van der Waals surface area (Å²) in [5, 5.41) is 12.8. The van der Waals surface area contributed by atoms with Crippen molar-refractivity contribution in [3.8, 4) is 5.75 Å². The zero-order valence-electron chi connectivity index (χ0n) is 19.2. The van der Waals surface area contributed by atoms with Crippen molar-refractivity contribution in [2.24, 2.45) is 0 Å². The maximum absolute atomic E-state index is 13.3. The molecular weight excluding hydrogens is 409 g/mol. The molecule has 2 N–H and O–H groups in total. The van der Waals surface area contributed by atoms with Gasteiger partial charge in [-0.25, -0.2) is 9.18 Å². The van der Waals surface area contributed by atoms with Gasteiger partial charge in [0.1, 0.15) is 18.2 Å². The number of rotatable bonds is 8. The van der Waals surface area contributed by atoms with Crippen LogP contribution >= 0.6 is 0 Å². The van der Waals surface area contributed by atoms with E-state index in [9.17, 15) is 14.3 Å². The number of urea groups is 1. The molecule has 7 heteroatoms. The number of halogens is 1. The third-order valence-corrected chi connectivity index (χ3v) is 5.62. The lowest BCUT2D eigenvalue weighted by molar-refractivity contribution is 0.0285. The Morgan fingerprint density at radius 3 is 2.31 bits per heavy atom. The Labute approximate surface area is 190 Å². The summed E-state index contributed by atoms with van der Waals surface area (Å²) in [6, 6.07) is 13.8. The average Bonchev–Trinajstić information content (AvgIpc) is 2.76. The second kappa shape index (κ2) is 10.8. The molecule has 0 unspecified atom stereocenters. The number of hydrogen-bond acceptors (Lipinski definition) is 4. The highest BCUT2D eigenvalue weighted by atomic mass is 19.1. The van der Waals surface area contributed by atoms with Crippen LogP contribution in [0.4, 0.5) is 9.18 Å². The Hall–Kier alpha value is -2.64. The minimum absolute atomic E-state index is 0.119. The molecule has 2 aromatic carbocycles. The van der Waals surface area contributed by atoms with E-state index in [4.69, 9.17) is 4.74 Å². The Kier molecular flexibility index (Phi) is 8.10. The summed E-state index contributed by atoms with van der Waals surface area (Å²) in [4.78, 5) is 17.3. The molecule has 1 saturated heterocycles. The largest absolute Gasteiger partial charge is 0.491 e. The topological polar surface area (TPSA) is 65.0 Å². The van der Waals surface area contributed by atoms with Gasteiger partial charge < -0.3 is 25.0 Å². The molecule has 0 spiro atoms. The first-order chi connectivity index (χ1) is 15.2. The first kappa shape index (κ1) is 24.0. The van der Waals surface area contributed by atoms with E-state index >= 15 is 0 Å². The number of nitrogens with zero attached hydrogens (tertiary/aromatic N) is 2. The molecule has 0 aliphatic carbocycles. The Morgan fingerprint density at radius 1 is 1.12 bits per heavy atom. The number of hydrogen-bond donors (Lipinski definition) is 2. The highest BCUT2D eigenvalue weighted by Gasteiger charge is 2.27. The van der Waals surface area contributed by atoms with Crippen molar-refractivity contribution in [1.29, 1.82) is 0 Å². The molecule has 0 atom stereocenters. The molecule has 1 aliphatic heterocycles. The third kappa shape index (κ3) is 7.50. The predicted octanol–water partition coefficient (Wildman–Crippen LogP) is 3.78. The fraction of sp³-hybridized carbons (Fsp3) is 0.480. The van der Waals surface area contributed by atoms with E-state index in [0.717, 1.165) is 37.1 Å². The van der Waals surface area contributed by atoms with Crippen LogP contribution in [0.1, 0.15) is 37.8 Å². The van der Waals surface area contributed by atoms with Gasteiger partial charge in [0.15, 0.2) is 0 Å². The van der Waals surface area contributed by atoms with E-state index in [1.54, 1.807) is 26.0 Å². The molecule has 174 valence electrons. The van der Waals surface area contributed by atoms with Crippen LogP contribution in [0.2, 0.25) is 0 Å². The number of likely N-dealkylation sites (tertiary alicyclic amines) is 1. The minimum atomic E-state index is -0.894. The maximum atomic E-state index is 13.3. The second-order valence-corrected chi connectivity index (χ2v) is 9.19. The number of ether oxygens (including phenoxy) is 1. The summed E-state index contributed by atoms with van der Waals surface area (Å²) in [5.74, 6) is 0.394. The average molecular weight is 444 g/mol. The van der Waals surface area contributed by atoms with Crippen molar-refractivity contribution in [1.82, 2.24) is 15.1 Å². The van der Waals surface area contributed by atoms with E-state index in [-0.39, 0.29) is 24.5 Å². The number of amides is 2. The highest BCUT2D eigenvalue weighted by molar-refractivity contribution is 5.74. The van der Waals surface area contributed by atoms with Gasteiger partial charge in [-0.1, -0.05) is 24.3 Å². The quantitative estimate of drug-likeness (QED) is 0.652. The van der Waals surface area contributed by atoms with Gasteiger partial charge in [0, 0.05) is 19.1 Å². The molecule has 0 radical (unpaired) electrons. The van der Waals surface area contributed by atoms with Crippen LogP contribution in [-0.4, -0.2) is 59.3 Å². The van der Waals surface area contributed by atoms with Crippen molar-refractivity contribution in [3.05, 3.63) is 65.5 Å². The van der Waals surface area contributed by atoms with Gasteiger partial charge in [0.25, 0.3) is 0 Å². The molecule has 2 aromatic rings. The normalized spacial score (nSPS) is 15.4. The van der Waals surface area contributed by atoms with Crippen LogP contribution in [0.3, 0.4) is 0 Å². The number of carbonyl (C=O) groups excluding carboxylic acids is 1. The zero-order valence-corrected chi connectivity index (χ0v) is 19.2. The number of benzene rings is 2. The van der Waals surface area contributed by atoms with Crippen molar-refractivity contribution in [3.63, 3.8) is 0 Å². The number of aliphatic hydroxyl groups is 1. The van der Waals surface area contributed by atoms with E-state index in [0.29, 0.717) is 18.8 Å². The summed E-state index contributed by atoms with van der Waals surface area (Å²) in [5.41, 5.74) is 0.974. The standard InChI is InChI=1S/C25H34FN3O3/c1-25(2,31)18-32-23-10-6-19(7-11-23)16-27-24(30)29(22-12-14-28(3)15-13-22)17-20-4-8-21(26)9-5-20/h4-11,22,31H,12-18H2,1-3H3,(H,27,30). The lowest BCUT2D eigenvalue weighted by Crippen LogP contribution is -2.49. The first-order valence-electron chi connectivity index (χ1n) is 11.1. The molecule has 1 aliphatic rings. The van der Waals surface area contributed by atoms with Crippen molar-refractivity contribution >= 4 is 6.03 Å². The van der Waals surface area contributed by atoms with Crippen LogP contribution in [0, 0.1) is 5.82 Å². The Morgan fingerprint density at radius 2 is 1.72 bits per heavy atom. The minimum Gasteiger partial charge on any atom is -0.491 e. The van der Waals surface area contributed by atoms with Gasteiger partial charge in [-0.05, 0) is 82.2 Å². The molecule has 2 amide bonds. The predicted molar refractivity (Wildman–Crippen MR) is 123 cm³/mol. The van der Waals surface area contributed by atoms with Crippen molar-refractivity contribution in [2.45, 2.75) is 51.4 Å². The van der Waals surface area contributed by atoms with Crippen LogP contribution in [0.15, 0.2) is 48.5 Å². The zero-order chi connectivity index (χ0) is 23.1. The lowest BCUT2D eigenvalue weighted by atomic mass is 10.0. The summed E-state index contributed by atoms with van der Waals surface area (Å²) >= 11 is 0. The van der Waals surface area contributed by atoms with Crippen LogP contribution in [-0.2, 0) is 13.1 Å². The van der Waals surface area contributed by atoms with E-state index in [1.165, 1.54) is 12.1 Å². The van der Waals surface area contributed by atoms with Gasteiger partial charge >= 0.3 is 6.03 Å². The van der Waals surface area contributed by atoms with E-state index in [2.05, 4.69) is 17.3 Å².